The maximum absolute atomic E-state index is 5.78. The summed E-state index contributed by atoms with van der Waals surface area (Å²) in [4.78, 5) is 12.6. The molecule has 0 saturated carbocycles. The molecule has 0 saturated heterocycles. The quantitative estimate of drug-likeness (QED) is 0.708. The second-order valence-corrected chi connectivity index (χ2v) is 6.04. The Morgan fingerprint density at radius 3 is 3.00 bits per heavy atom. The monoisotopic (exact) mass is 282 g/mol. The third kappa shape index (κ3) is 2.04. The van der Waals surface area contributed by atoms with E-state index >= 15 is 0 Å². The van der Waals surface area contributed by atoms with Crippen LogP contribution in [0, 0.1) is 0 Å². The zero-order chi connectivity index (χ0) is 13.5. The average molecular weight is 282 g/mol. The molecule has 2 aromatic heterocycles. The summed E-state index contributed by atoms with van der Waals surface area (Å²) in [5.74, 6) is 0. The van der Waals surface area contributed by atoms with Gasteiger partial charge in [-0.3, -0.25) is 0 Å². The van der Waals surface area contributed by atoms with Gasteiger partial charge in [0, 0.05) is 11.4 Å². The summed E-state index contributed by atoms with van der Waals surface area (Å²) < 4.78 is 0. The van der Waals surface area contributed by atoms with Gasteiger partial charge in [0.25, 0.3) is 0 Å². The summed E-state index contributed by atoms with van der Waals surface area (Å²) in [6.07, 6.45) is 3.48. The van der Waals surface area contributed by atoms with E-state index in [-0.39, 0.29) is 0 Å². The van der Waals surface area contributed by atoms with E-state index in [2.05, 4.69) is 22.1 Å². The number of hydrogen-bond acceptors (Lipinski definition) is 4. The van der Waals surface area contributed by atoms with E-state index in [4.69, 9.17) is 10.7 Å². The minimum absolute atomic E-state index is 0.744. The van der Waals surface area contributed by atoms with Crippen molar-refractivity contribution in [2.45, 2.75) is 29.4 Å². The highest BCUT2D eigenvalue weighted by Gasteiger charge is 2.13. The lowest BCUT2D eigenvalue weighted by molar-refractivity contribution is 0.891. The van der Waals surface area contributed by atoms with Gasteiger partial charge in [0.2, 0.25) is 0 Å². The molecule has 1 aromatic carbocycles. The van der Waals surface area contributed by atoms with Crippen molar-refractivity contribution in [1.29, 1.82) is 0 Å². The number of aromatic nitrogens is 3. The summed E-state index contributed by atoms with van der Waals surface area (Å²) in [5, 5.41) is 1.86. The molecule has 4 rings (SSSR count). The first-order valence-corrected chi connectivity index (χ1v) is 7.51. The third-order valence-electron chi connectivity index (χ3n) is 3.59. The molecule has 0 fully saturated rings. The molecule has 1 aliphatic carbocycles. The van der Waals surface area contributed by atoms with E-state index in [0.717, 1.165) is 39.7 Å². The normalized spacial score (nSPS) is 13.8. The zero-order valence-electron chi connectivity index (χ0n) is 10.9. The van der Waals surface area contributed by atoms with E-state index < -0.39 is 0 Å². The number of nitrogens with one attached hydrogen (secondary N) is 1. The lowest BCUT2D eigenvalue weighted by atomic mass is 10.2. The Balaban J connectivity index is 1.66. The van der Waals surface area contributed by atoms with Crippen molar-refractivity contribution in [2.75, 3.05) is 5.73 Å². The lowest BCUT2D eigenvalue weighted by Gasteiger charge is -2.01. The zero-order valence-corrected chi connectivity index (χ0v) is 11.7. The molecule has 0 spiro atoms. The van der Waals surface area contributed by atoms with Crippen LogP contribution in [0.15, 0.2) is 40.5 Å². The van der Waals surface area contributed by atoms with Gasteiger partial charge in [-0.25, -0.2) is 9.97 Å². The smallest absolute Gasteiger partial charge is 0.172 e. The van der Waals surface area contributed by atoms with Gasteiger partial charge in [-0.15, -0.1) is 0 Å². The van der Waals surface area contributed by atoms with Gasteiger partial charge in [-0.1, -0.05) is 6.07 Å². The summed E-state index contributed by atoms with van der Waals surface area (Å²) in [6.45, 7) is 0. The Kier molecular flexibility index (Phi) is 2.67. The molecule has 20 heavy (non-hydrogen) atoms. The van der Waals surface area contributed by atoms with Crippen LogP contribution in [-0.4, -0.2) is 15.0 Å². The SMILES string of the molecule is Nc1ccc2nc(Sc3ccc4c(n3)CCC4)[nH]c2c1. The lowest BCUT2D eigenvalue weighted by Crippen LogP contribution is -1.90. The number of nitrogens with two attached hydrogens (primary N) is 1. The van der Waals surface area contributed by atoms with Crippen molar-refractivity contribution in [2.24, 2.45) is 0 Å². The van der Waals surface area contributed by atoms with E-state index in [0.29, 0.717) is 0 Å². The van der Waals surface area contributed by atoms with E-state index in [1.54, 1.807) is 11.8 Å². The van der Waals surface area contributed by atoms with Crippen molar-refractivity contribution in [3.8, 4) is 0 Å². The Labute approximate surface area is 120 Å². The first-order chi connectivity index (χ1) is 9.78. The number of H-pyrrole nitrogens is 1. The molecule has 0 bridgehead atoms. The van der Waals surface area contributed by atoms with Gasteiger partial charge in [0.1, 0.15) is 5.03 Å². The van der Waals surface area contributed by atoms with Crippen LogP contribution in [0.1, 0.15) is 17.7 Å². The largest absolute Gasteiger partial charge is 0.399 e. The minimum Gasteiger partial charge on any atom is -0.399 e. The number of nitrogens with zero attached hydrogens (tertiary/aromatic N) is 2. The molecule has 0 unspecified atom stereocenters. The molecule has 0 radical (unpaired) electrons. The van der Waals surface area contributed by atoms with Crippen LogP contribution < -0.4 is 5.73 Å². The fourth-order valence-electron chi connectivity index (χ4n) is 2.61. The molecular weight excluding hydrogens is 268 g/mol. The van der Waals surface area contributed by atoms with Gasteiger partial charge in [-0.05, 0) is 60.9 Å². The number of fused-ring (bicyclic) bond motifs is 2. The van der Waals surface area contributed by atoms with Gasteiger partial charge in [0.15, 0.2) is 5.16 Å². The van der Waals surface area contributed by atoms with E-state index in [1.165, 1.54) is 17.7 Å². The van der Waals surface area contributed by atoms with Crippen molar-refractivity contribution < 1.29 is 0 Å². The number of imidazole rings is 1. The first-order valence-electron chi connectivity index (χ1n) is 6.70. The molecule has 0 aliphatic heterocycles. The fraction of sp³-hybridized carbons (Fsp3) is 0.200. The van der Waals surface area contributed by atoms with E-state index in [1.807, 2.05) is 18.2 Å². The predicted molar refractivity (Wildman–Crippen MR) is 80.9 cm³/mol. The number of anilines is 1. The van der Waals surface area contributed by atoms with Crippen molar-refractivity contribution in [3.05, 3.63) is 41.6 Å². The summed E-state index contributed by atoms with van der Waals surface area (Å²) >= 11 is 1.57. The number of rotatable bonds is 2. The van der Waals surface area contributed by atoms with Crippen LogP contribution >= 0.6 is 11.8 Å². The molecule has 2 heterocycles. The number of pyridine rings is 1. The Hall–Kier alpha value is -2.01. The maximum atomic E-state index is 5.78. The average Bonchev–Trinajstić information content (AvgIpc) is 3.03. The summed E-state index contributed by atoms with van der Waals surface area (Å²) in [5.41, 5.74) is 11.1. The standard InChI is InChI=1S/C15H14N4S/c16-10-5-6-12-13(8-10)19-15(18-12)20-14-7-4-9-2-1-3-11(9)17-14/h4-8H,1-3,16H2,(H,18,19). The highest BCUT2D eigenvalue weighted by atomic mass is 32.2. The van der Waals surface area contributed by atoms with E-state index in [9.17, 15) is 0 Å². The second kappa shape index (κ2) is 4.52. The number of aromatic amines is 1. The first kappa shape index (κ1) is 11.8. The van der Waals surface area contributed by atoms with Crippen LogP contribution in [0.25, 0.3) is 11.0 Å². The van der Waals surface area contributed by atoms with Crippen LogP contribution in [0.2, 0.25) is 0 Å². The molecule has 0 atom stereocenters. The summed E-state index contributed by atoms with van der Waals surface area (Å²) in [7, 11) is 0. The number of nitrogen functional groups attached to an aromatic ring is 1. The third-order valence-corrected chi connectivity index (χ3v) is 4.41. The van der Waals surface area contributed by atoms with Crippen molar-refractivity contribution in [1.82, 2.24) is 15.0 Å². The number of hydrogen-bond donors (Lipinski definition) is 2. The Morgan fingerprint density at radius 2 is 2.05 bits per heavy atom. The number of aryl methyl sites for hydroxylation is 2. The van der Waals surface area contributed by atoms with Gasteiger partial charge in [-0.2, -0.15) is 0 Å². The predicted octanol–water partition coefficient (Wildman–Crippen LogP) is 3.18. The highest BCUT2D eigenvalue weighted by molar-refractivity contribution is 7.99. The molecule has 1 aliphatic rings. The minimum atomic E-state index is 0.744. The van der Waals surface area contributed by atoms with Gasteiger partial charge >= 0.3 is 0 Å². The molecule has 3 aromatic rings. The van der Waals surface area contributed by atoms with Crippen LogP contribution in [0.3, 0.4) is 0 Å². The molecule has 4 nitrogen and oxygen atoms in total. The Bertz CT molecular complexity index is 794. The van der Waals surface area contributed by atoms with Crippen LogP contribution in [-0.2, 0) is 12.8 Å². The Morgan fingerprint density at radius 1 is 1.10 bits per heavy atom. The molecule has 0 amide bonds. The van der Waals surface area contributed by atoms with Gasteiger partial charge in [0.05, 0.1) is 11.0 Å². The van der Waals surface area contributed by atoms with Crippen LogP contribution in [0.5, 0.6) is 0 Å². The molecule has 5 heteroatoms. The summed E-state index contributed by atoms with van der Waals surface area (Å²) in [6, 6.07) is 9.98. The molecule has 100 valence electrons. The fourth-order valence-corrected chi connectivity index (χ4v) is 3.40. The maximum Gasteiger partial charge on any atom is 0.172 e. The van der Waals surface area contributed by atoms with Crippen LogP contribution in [0.4, 0.5) is 5.69 Å². The number of benzene rings is 1. The second-order valence-electron chi connectivity index (χ2n) is 5.03. The highest BCUT2D eigenvalue weighted by Crippen LogP contribution is 2.29. The molecule has 3 N–H and O–H groups in total. The van der Waals surface area contributed by atoms with Gasteiger partial charge < -0.3 is 10.7 Å². The topological polar surface area (TPSA) is 67.6 Å². The van der Waals surface area contributed by atoms with Crippen molar-refractivity contribution >= 4 is 28.5 Å². The van der Waals surface area contributed by atoms with Crippen molar-refractivity contribution in [3.63, 3.8) is 0 Å². The molecular formula is C15H14N4S.